The molecule has 1 aliphatic rings. The number of rotatable bonds is 2. The monoisotopic (exact) mass is 245 g/mol. The molecule has 1 nitrogen and oxygen atoms in total. The van der Waals surface area contributed by atoms with Crippen molar-refractivity contribution in [3.63, 3.8) is 0 Å². The molecule has 2 unspecified atom stereocenters. The SMILES string of the molecule is Cc1cccc(C)c1CC1(N)CC(C)CC(C)C1. The maximum Gasteiger partial charge on any atom is 0.0200 e. The first-order chi connectivity index (χ1) is 8.39. The Morgan fingerprint density at radius 2 is 1.61 bits per heavy atom. The van der Waals surface area contributed by atoms with Crippen LogP contribution >= 0.6 is 0 Å². The van der Waals surface area contributed by atoms with Crippen LogP contribution in [0.4, 0.5) is 0 Å². The zero-order valence-electron chi connectivity index (χ0n) is 12.3. The van der Waals surface area contributed by atoms with Gasteiger partial charge in [0.25, 0.3) is 0 Å². The van der Waals surface area contributed by atoms with Gasteiger partial charge in [0.05, 0.1) is 0 Å². The topological polar surface area (TPSA) is 26.0 Å². The fraction of sp³-hybridized carbons (Fsp3) is 0.647. The van der Waals surface area contributed by atoms with Crippen LogP contribution in [0.5, 0.6) is 0 Å². The minimum absolute atomic E-state index is 0.00789. The summed E-state index contributed by atoms with van der Waals surface area (Å²) in [5, 5.41) is 0. The van der Waals surface area contributed by atoms with Gasteiger partial charge in [0.2, 0.25) is 0 Å². The zero-order chi connectivity index (χ0) is 13.3. The Bertz CT molecular complexity index is 391. The highest BCUT2D eigenvalue weighted by atomic mass is 14.8. The van der Waals surface area contributed by atoms with Crippen LogP contribution in [0.15, 0.2) is 18.2 Å². The first-order valence-corrected chi connectivity index (χ1v) is 7.23. The molecule has 1 aromatic carbocycles. The van der Waals surface area contributed by atoms with Gasteiger partial charge in [-0.3, -0.25) is 0 Å². The average Bonchev–Trinajstić information content (AvgIpc) is 2.21. The number of nitrogens with two attached hydrogens (primary N) is 1. The van der Waals surface area contributed by atoms with Crippen LogP contribution in [0, 0.1) is 25.7 Å². The Kier molecular flexibility index (Phi) is 3.82. The lowest BCUT2D eigenvalue weighted by atomic mass is 9.69. The van der Waals surface area contributed by atoms with Crippen molar-refractivity contribution in [1.29, 1.82) is 0 Å². The molecule has 18 heavy (non-hydrogen) atoms. The molecule has 0 saturated heterocycles. The predicted molar refractivity (Wildman–Crippen MR) is 78.7 cm³/mol. The molecule has 1 aromatic rings. The summed E-state index contributed by atoms with van der Waals surface area (Å²) in [5.41, 5.74) is 11.0. The minimum Gasteiger partial charge on any atom is -0.325 e. The molecule has 2 atom stereocenters. The summed E-state index contributed by atoms with van der Waals surface area (Å²) in [6, 6.07) is 6.56. The summed E-state index contributed by atoms with van der Waals surface area (Å²) in [6.45, 7) is 9.12. The second-order valence-electron chi connectivity index (χ2n) is 6.76. The van der Waals surface area contributed by atoms with Crippen molar-refractivity contribution < 1.29 is 0 Å². The molecule has 1 saturated carbocycles. The first-order valence-electron chi connectivity index (χ1n) is 7.23. The maximum absolute atomic E-state index is 6.71. The van der Waals surface area contributed by atoms with Gasteiger partial charge < -0.3 is 5.73 Å². The fourth-order valence-corrected chi connectivity index (χ4v) is 3.95. The first kappa shape index (κ1) is 13.6. The van der Waals surface area contributed by atoms with Gasteiger partial charge in [-0.1, -0.05) is 32.0 Å². The lowest BCUT2D eigenvalue weighted by molar-refractivity contribution is 0.182. The Labute approximate surface area is 112 Å². The largest absolute Gasteiger partial charge is 0.325 e. The van der Waals surface area contributed by atoms with Gasteiger partial charge in [0.1, 0.15) is 0 Å². The van der Waals surface area contributed by atoms with Gasteiger partial charge in [-0.2, -0.15) is 0 Å². The van der Waals surface area contributed by atoms with E-state index in [2.05, 4.69) is 45.9 Å². The Hall–Kier alpha value is -0.820. The van der Waals surface area contributed by atoms with E-state index in [1.54, 1.807) is 0 Å². The average molecular weight is 245 g/mol. The van der Waals surface area contributed by atoms with Crippen LogP contribution in [-0.4, -0.2) is 5.54 Å². The standard InChI is InChI=1S/C17H27N/c1-12-8-13(2)10-17(18,9-12)11-16-14(3)6-5-7-15(16)4/h5-7,12-13H,8-11,18H2,1-4H3. The molecule has 1 fully saturated rings. The summed E-state index contributed by atoms with van der Waals surface area (Å²) in [5.74, 6) is 1.53. The third-order valence-electron chi connectivity index (χ3n) is 4.49. The minimum atomic E-state index is 0.00789. The van der Waals surface area contributed by atoms with E-state index < -0.39 is 0 Å². The molecule has 0 amide bonds. The molecule has 0 bridgehead atoms. The molecule has 0 heterocycles. The summed E-state index contributed by atoms with van der Waals surface area (Å²) in [4.78, 5) is 0. The summed E-state index contributed by atoms with van der Waals surface area (Å²) < 4.78 is 0. The van der Waals surface area contributed by atoms with Crippen molar-refractivity contribution in [3.8, 4) is 0 Å². The molecule has 1 aliphatic carbocycles. The fourth-order valence-electron chi connectivity index (χ4n) is 3.95. The quantitative estimate of drug-likeness (QED) is 0.837. The number of benzene rings is 1. The number of aryl methyl sites for hydroxylation is 2. The van der Waals surface area contributed by atoms with Gasteiger partial charge in [-0.15, -0.1) is 0 Å². The molecular formula is C17H27N. The van der Waals surface area contributed by atoms with Crippen LogP contribution in [0.3, 0.4) is 0 Å². The van der Waals surface area contributed by atoms with Crippen LogP contribution in [-0.2, 0) is 6.42 Å². The summed E-state index contributed by atoms with van der Waals surface area (Å²) in [7, 11) is 0. The van der Waals surface area contributed by atoms with Crippen LogP contribution in [0.2, 0.25) is 0 Å². The second kappa shape index (κ2) is 5.05. The van der Waals surface area contributed by atoms with Crippen LogP contribution in [0.1, 0.15) is 49.8 Å². The number of hydrogen-bond donors (Lipinski definition) is 1. The van der Waals surface area contributed by atoms with Gasteiger partial charge in [0, 0.05) is 5.54 Å². The molecule has 0 radical (unpaired) electrons. The van der Waals surface area contributed by atoms with Crippen molar-refractivity contribution in [2.45, 2.75) is 58.9 Å². The van der Waals surface area contributed by atoms with Crippen LogP contribution < -0.4 is 5.73 Å². The molecule has 0 aromatic heterocycles. The van der Waals surface area contributed by atoms with Gasteiger partial charge in [-0.25, -0.2) is 0 Å². The van der Waals surface area contributed by atoms with E-state index in [4.69, 9.17) is 5.73 Å². The van der Waals surface area contributed by atoms with E-state index in [-0.39, 0.29) is 5.54 Å². The van der Waals surface area contributed by atoms with Gasteiger partial charge in [0.15, 0.2) is 0 Å². The highest BCUT2D eigenvalue weighted by molar-refractivity contribution is 5.35. The molecule has 2 N–H and O–H groups in total. The predicted octanol–water partition coefficient (Wildman–Crippen LogP) is 4.00. The van der Waals surface area contributed by atoms with E-state index >= 15 is 0 Å². The highest BCUT2D eigenvalue weighted by Crippen LogP contribution is 2.37. The highest BCUT2D eigenvalue weighted by Gasteiger charge is 2.35. The summed E-state index contributed by atoms with van der Waals surface area (Å²) in [6.07, 6.45) is 4.72. The Balaban J connectivity index is 2.22. The van der Waals surface area contributed by atoms with E-state index in [9.17, 15) is 0 Å². The molecular weight excluding hydrogens is 218 g/mol. The van der Waals surface area contributed by atoms with Gasteiger partial charge >= 0.3 is 0 Å². The zero-order valence-corrected chi connectivity index (χ0v) is 12.3. The van der Waals surface area contributed by atoms with E-state index in [1.807, 2.05) is 0 Å². The lowest BCUT2D eigenvalue weighted by Gasteiger charge is -2.41. The van der Waals surface area contributed by atoms with Crippen molar-refractivity contribution >= 4 is 0 Å². The molecule has 1 heteroatoms. The normalized spacial score (nSPS) is 32.5. The Morgan fingerprint density at radius 3 is 2.11 bits per heavy atom. The van der Waals surface area contributed by atoms with Gasteiger partial charge in [-0.05, 0) is 68.1 Å². The van der Waals surface area contributed by atoms with E-state index in [1.165, 1.54) is 36.0 Å². The number of hydrogen-bond acceptors (Lipinski definition) is 1. The maximum atomic E-state index is 6.71. The van der Waals surface area contributed by atoms with Crippen molar-refractivity contribution in [2.75, 3.05) is 0 Å². The van der Waals surface area contributed by atoms with E-state index in [0.29, 0.717) is 0 Å². The second-order valence-corrected chi connectivity index (χ2v) is 6.76. The smallest absolute Gasteiger partial charge is 0.0200 e. The third kappa shape index (κ3) is 2.95. The molecule has 0 aliphatic heterocycles. The molecule has 0 spiro atoms. The Morgan fingerprint density at radius 1 is 1.11 bits per heavy atom. The molecule has 100 valence electrons. The summed E-state index contributed by atoms with van der Waals surface area (Å²) >= 11 is 0. The van der Waals surface area contributed by atoms with Crippen molar-refractivity contribution in [1.82, 2.24) is 0 Å². The molecule has 2 rings (SSSR count). The van der Waals surface area contributed by atoms with Crippen LogP contribution in [0.25, 0.3) is 0 Å². The van der Waals surface area contributed by atoms with Crippen molar-refractivity contribution in [3.05, 3.63) is 34.9 Å². The van der Waals surface area contributed by atoms with Crippen molar-refractivity contribution in [2.24, 2.45) is 17.6 Å². The van der Waals surface area contributed by atoms with E-state index in [0.717, 1.165) is 18.3 Å². The third-order valence-corrected chi connectivity index (χ3v) is 4.49. The lowest BCUT2D eigenvalue weighted by Crippen LogP contribution is -2.48.